The molecule has 1 fully saturated rings. The molecule has 1 aliphatic rings. The number of hydrogen-bond acceptors (Lipinski definition) is 6. The van der Waals surface area contributed by atoms with Crippen LogP contribution < -0.4 is 20.1 Å². The van der Waals surface area contributed by atoms with E-state index in [1.54, 1.807) is 27.9 Å². The van der Waals surface area contributed by atoms with Crippen LogP contribution in [-0.2, 0) is 20.7 Å². The Kier molecular flexibility index (Phi) is 11.1. The molecule has 0 spiro atoms. The molecule has 9 nitrogen and oxygen atoms in total. The molecule has 2 rings (SSSR count). The molecular formula is C26H41N3O6. The number of ether oxygens (including phenoxy) is 3. The number of piperidine rings is 1. The number of carbonyl (C=O) groups is 3. The molecule has 1 aliphatic heterocycles. The maximum atomic E-state index is 12.4. The van der Waals surface area contributed by atoms with Crippen LogP contribution in [0.2, 0.25) is 0 Å². The maximum Gasteiger partial charge on any atom is 0.407 e. The predicted molar refractivity (Wildman–Crippen MR) is 134 cm³/mol. The molecule has 1 heterocycles. The largest absolute Gasteiger partial charge is 0.493 e. The summed E-state index contributed by atoms with van der Waals surface area (Å²) in [4.78, 5) is 38.3. The summed E-state index contributed by atoms with van der Waals surface area (Å²) in [5.41, 5.74) is 0.460. The van der Waals surface area contributed by atoms with Crippen molar-refractivity contribution in [3.05, 3.63) is 23.8 Å². The second-order valence-corrected chi connectivity index (χ2v) is 9.73. The molecule has 0 aliphatic carbocycles. The molecule has 0 unspecified atom stereocenters. The second kappa shape index (κ2) is 13.8. The molecular weight excluding hydrogens is 450 g/mol. The van der Waals surface area contributed by atoms with Crippen LogP contribution >= 0.6 is 0 Å². The molecule has 0 saturated carbocycles. The van der Waals surface area contributed by atoms with E-state index < -0.39 is 11.7 Å². The summed E-state index contributed by atoms with van der Waals surface area (Å²) in [6, 6.07) is 5.74. The van der Waals surface area contributed by atoms with Gasteiger partial charge in [-0.15, -0.1) is 0 Å². The van der Waals surface area contributed by atoms with Crippen LogP contribution in [0.25, 0.3) is 0 Å². The zero-order valence-electron chi connectivity index (χ0n) is 21.8. The standard InChI is InChI=1S/C26H41N3O6/c1-6-34-21-9-7-19(17-22(21)33-5)8-10-23(30)28-18-20-12-15-29(16-13-20)24(31)11-14-27-25(32)35-26(2,3)4/h7,9,17,20H,6,8,10-16,18H2,1-5H3,(H,27,32)(H,28,30). The van der Waals surface area contributed by atoms with Gasteiger partial charge in [-0.3, -0.25) is 9.59 Å². The SMILES string of the molecule is CCOc1ccc(CCC(=O)NCC2CCN(C(=O)CCNC(=O)OC(C)(C)C)CC2)cc1OC. The average molecular weight is 492 g/mol. The zero-order chi connectivity index (χ0) is 25.8. The Morgan fingerprint density at radius 2 is 1.77 bits per heavy atom. The van der Waals surface area contributed by atoms with Crippen molar-refractivity contribution in [2.45, 2.75) is 65.4 Å². The highest BCUT2D eigenvalue weighted by atomic mass is 16.6. The Labute approximate surface area is 208 Å². The third-order valence-corrected chi connectivity index (χ3v) is 5.73. The van der Waals surface area contributed by atoms with Crippen molar-refractivity contribution in [2.24, 2.45) is 5.92 Å². The summed E-state index contributed by atoms with van der Waals surface area (Å²) in [6.07, 6.45) is 2.46. The molecule has 9 heteroatoms. The van der Waals surface area contributed by atoms with Gasteiger partial charge >= 0.3 is 6.09 Å². The predicted octanol–water partition coefficient (Wildman–Crippen LogP) is 3.30. The lowest BCUT2D eigenvalue weighted by atomic mass is 9.96. The van der Waals surface area contributed by atoms with E-state index in [0.29, 0.717) is 56.5 Å². The van der Waals surface area contributed by atoms with Crippen LogP contribution in [0.15, 0.2) is 18.2 Å². The van der Waals surface area contributed by atoms with Crippen molar-refractivity contribution in [1.82, 2.24) is 15.5 Å². The summed E-state index contributed by atoms with van der Waals surface area (Å²) in [6.45, 7) is 10.1. The number of carbonyl (C=O) groups excluding carboxylic acids is 3. The molecule has 1 aromatic carbocycles. The molecule has 0 radical (unpaired) electrons. The first-order valence-electron chi connectivity index (χ1n) is 12.4. The highest BCUT2D eigenvalue weighted by Gasteiger charge is 2.23. The van der Waals surface area contributed by atoms with Gasteiger partial charge in [0.05, 0.1) is 13.7 Å². The number of hydrogen-bond donors (Lipinski definition) is 2. The monoisotopic (exact) mass is 491 g/mol. The Morgan fingerprint density at radius 3 is 2.40 bits per heavy atom. The summed E-state index contributed by atoms with van der Waals surface area (Å²) in [7, 11) is 1.61. The number of benzene rings is 1. The minimum Gasteiger partial charge on any atom is -0.493 e. The molecule has 35 heavy (non-hydrogen) atoms. The molecule has 0 atom stereocenters. The van der Waals surface area contributed by atoms with Crippen molar-refractivity contribution < 1.29 is 28.6 Å². The third kappa shape index (κ3) is 10.4. The quantitative estimate of drug-likeness (QED) is 0.492. The first-order valence-corrected chi connectivity index (χ1v) is 12.4. The van der Waals surface area contributed by atoms with Crippen LogP contribution in [0.4, 0.5) is 4.79 Å². The van der Waals surface area contributed by atoms with Crippen molar-refractivity contribution in [2.75, 3.05) is 39.9 Å². The minimum absolute atomic E-state index is 0.0181. The summed E-state index contributed by atoms with van der Waals surface area (Å²) in [5, 5.41) is 5.65. The molecule has 1 aromatic rings. The van der Waals surface area contributed by atoms with E-state index in [1.807, 2.05) is 30.0 Å². The first kappa shape index (κ1) is 28.3. The van der Waals surface area contributed by atoms with Gasteiger partial charge in [0.25, 0.3) is 0 Å². The molecule has 0 aromatic heterocycles. The zero-order valence-corrected chi connectivity index (χ0v) is 21.8. The number of likely N-dealkylation sites (tertiary alicyclic amines) is 1. The van der Waals surface area contributed by atoms with Gasteiger partial charge in [0.15, 0.2) is 11.5 Å². The number of nitrogens with zero attached hydrogens (tertiary/aromatic N) is 1. The van der Waals surface area contributed by atoms with Crippen LogP contribution in [-0.4, -0.2) is 68.3 Å². The van der Waals surface area contributed by atoms with Gasteiger partial charge in [0.1, 0.15) is 5.60 Å². The van der Waals surface area contributed by atoms with Crippen LogP contribution in [0.5, 0.6) is 11.5 Å². The van der Waals surface area contributed by atoms with E-state index in [2.05, 4.69) is 10.6 Å². The fourth-order valence-electron chi connectivity index (χ4n) is 3.88. The van der Waals surface area contributed by atoms with E-state index in [1.165, 1.54) is 0 Å². The summed E-state index contributed by atoms with van der Waals surface area (Å²) < 4.78 is 16.1. The number of alkyl carbamates (subject to hydrolysis) is 1. The number of nitrogens with one attached hydrogen (secondary N) is 2. The van der Waals surface area contributed by atoms with Crippen LogP contribution in [0, 0.1) is 5.92 Å². The van der Waals surface area contributed by atoms with Gasteiger partial charge in [-0.1, -0.05) is 6.07 Å². The number of rotatable bonds is 11. The summed E-state index contributed by atoms with van der Waals surface area (Å²) in [5.74, 6) is 1.77. The van der Waals surface area contributed by atoms with Gasteiger partial charge in [-0.2, -0.15) is 0 Å². The van der Waals surface area contributed by atoms with E-state index in [9.17, 15) is 14.4 Å². The van der Waals surface area contributed by atoms with Gasteiger partial charge in [-0.25, -0.2) is 4.79 Å². The fourth-order valence-corrected chi connectivity index (χ4v) is 3.88. The number of amides is 3. The van der Waals surface area contributed by atoms with Gasteiger partial charge < -0.3 is 29.7 Å². The lowest BCUT2D eigenvalue weighted by Crippen LogP contribution is -2.42. The Morgan fingerprint density at radius 1 is 1.06 bits per heavy atom. The maximum absolute atomic E-state index is 12.4. The Hall–Kier alpha value is -2.97. The highest BCUT2D eigenvalue weighted by molar-refractivity contribution is 5.77. The molecule has 1 saturated heterocycles. The van der Waals surface area contributed by atoms with Gasteiger partial charge in [0.2, 0.25) is 11.8 Å². The molecule has 196 valence electrons. The van der Waals surface area contributed by atoms with E-state index in [-0.39, 0.29) is 24.8 Å². The highest BCUT2D eigenvalue weighted by Crippen LogP contribution is 2.28. The average Bonchev–Trinajstić information content (AvgIpc) is 2.81. The van der Waals surface area contributed by atoms with E-state index >= 15 is 0 Å². The number of methoxy groups -OCH3 is 1. The van der Waals surface area contributed by atoms with Crippen LogP contribution in [0.3, 0.4) is 0 Å². The van der Waals surface area contributed by atoms with E-state index in [4.69, 9.17) is 14.2 Å². The fraction of sp³-hybridized carbons (Fsp3) is 0.654. The lowest BCUT2D eigenvalue weighted by molar-refractivity contribution is -0.132. The molecule has 0 bridgehead atoms. The summed E-state index contributed by atoms with van der Waals surface area (Å²) >= 11 is 0. The van der Waals surface area contributed by atoms with Crippen molar-refractivity contribution in [3.63, 3.8) is 0 Å². The van der Waals surface area contributed by atoms with Gasteiger partial charge in [-0.05, 0) is 70.6 Å². The van der Waals surface area contributed by atoms with Crippen molar-refractivity contribution >= 4 is 17.9 Å². The van der Waals surface area contributed by atoms with Crippen LogP contribution in [0.1, 0.15) is 58.9 Å². The topological polar surface area (TPSA) is 106 Å². The second-order valence-electron chi connectivity index (χ2n) is 9.73. The molecule has 2 N–H and O–H groups in total. The third-order valence-electron chi connectivity index (χ3n) is 5.73. The minimum atomic E-state index is -0.561. The number of aryl methyl sites for hydroxylation is 1. The van der Waals surface area contributed by atoms with Crippen molar-refractivity contribution in [3.8, 4) is 11.5 Å². The normalized spacial score (nSPS) is 14.3. The molecule has 3 amide bonds. The lowest BCUT2D eigenvalue weighted by Gasteiger charge is -2.32. The van der Waals surface area contributed by atoms with Gasteiger partial charge in [0, 0.05) is 39.0 Å². The van der Waals surface area contributed by atoms with E-state index in [0.717, 1.165) is 18.4 Å². The first-order chi connectivity index (χ1) is 16.6. The Balaban J connectivity index is 1.63. The Bertz CT molecular complexity index is 844. The smallest absolute Gasteiger partial charge is 0.407 e. The van der Waals surface area contributed by atoms with Crippen molar-refractivity contribution in [1.29, 1.82) is 0 Å².